The Kier molecular flexibility index (Phi) is 7.74. The van der Waals surface area contributed by atoms with Crippen molar-refractivity contribution in [3.8, 4) is 0 Å². The van der Waals surface area contributed by atoms with Crippen LogP contribution in [-0.4, -0.2) is 25.5 Å². The molecule has 0 heterocycles. The highest BCUT2D eigenvalue weighted by Crippen LogP contribution is 2.38. The van der Waals surface area contributed by atoms with Crippen molar-refractivity contribution >= 4 is 14.3 Å². The number of hydrogen-bond donors (Lipinski definition) is 1. The minimum Gasteiger partial charge on any atom is -0.481 e. The van der Waals surface area contributed by atoms with Crippen LogP contribution in [0.5, 0.6) is 0 Å². The smallest absolute Gasteiger partial charge is 0.303 e. The minimum atomic E-state index is -1.72. The number of carbonyl (C=O) groups is 1. The predicted molar refractivity (Wildman–Crippen MR) is 87.6 cm³/mol. The van der Waals surface area contributed by atoms with Crippen LogP contribution in [0.15, 0.2) is 11.6 Å². The molecule has 0 fully saturated rings. The molecule has 0 bridgehead atoms. The summed E-state index contributed by atoms with van der Waals surface area (Å²) in [5.41, 5.74) is 1.14. The molecule has 20 heavy (non-hydrogen) atoms. The Balaban J connectivity index is 4.49. The maximum Gasteiger partial charge on any atom is 0.303 e. The summed E-state index contributed by atoms with van der Waals surface area (Å²) < 4.78 is 6.41. The van der Waals surface area contributed by atoms with Crippen LogP contribution in [0.3, 0.4) is 0 Å². The maximum atomic E-state index is 10.5. The molecule has 0 aromatic rings. The molecule has 0 aromatic carbocycles. The molecule has 0 spiro atoms. The van der Waals surface area contributed by atoms with E-state index >= 15 is 0 Å². The Morgan fingerprint density at radius 1 is 1.30 bits per heavy atom. The summed E-state index contributed by atoms with van der Waals surface area (Å²) in [5, 5.41) is 8.91. The van der Waals surface area contributed by atoms with Gasteiger partial charge in [0.25, 0.3) is 0 Å². The van der Waals surface area contributed by atoms with Crippen molar-refractivity contribution in [2.75, 3.05) is 0 Å². The number of hydrogen-bond acceptors (Lipinski definition) is 2. The molecule has 0 saturated heterocycles. The van der Waals surface area contributed by atoms with Gasteiger partial charge in [0.2, 0.25) is 0 Å². The standard InChI is InChI=1S/C16H32O3Si/c1-8-14(19-20(6,7)16(3,4)5)11-9-13(2)10-12-15(17)18/h9,14H,8,10-12H2,1-7H3,(H,17,18). The van der Waals surface area contributed by atoms with E-state index in [1.165, 1.54) is 0 Å². The zero-order valence-corrected chi connectivity index (χ0v) is 15.2. The molecule has 0 aliphatic heterocycles. The van der Waals surface area contributed by atoms with E-state index in [4.69, 9.17) is 9.53 Å². The molecular weight excluding hydrogens is 268 g/mol. The van der Waals surface area contributed by atoms with Crippen LogP contribution in [0, 0.1) is 0 Å². The van der Waals surface area contributed by atoms with Crippen LogP contribution in [0.2, 0.25) is 18.1 Å². The summed E-state index contributed by atoms with van der Waals surface area (Å²) in [6, 6.07) is 0. The lowest BCUT2D eigenvalue weighted by molar-refractivity contribution is -0.136. The summed E-state index contributed by atoms with van der Waals surface area (Å²) in [4.78, 5) is 10.5. The van der Waals surface area contributed by atoms with Gasteiger partial charge in [-0.15, -0.1) is 0 Å². The van der Waals surface area contributed by atoms with Crippen molar-refractivity contribution < 1.29 is 14.3 Å². The molecular formula is C16H32O3Si. The molecule has 1 N–H and O–H groups in total. The van der Waals surface area contributed by atoms with Crippen molar-refractivity contribution in [1.82, 2.24) is 0 Å². The fourth-order valence-corrected chi connectivity index (χ4v) is 3.08. The number of rotatable bonds is 8. The summed E-state index contributed by atoms with van der Waals surface area (Å²) >= 11 is 0. The lowest BCUT2D eigenvalue weighted by atomic mass is 10.1. The first-order chi connectivity index (χ1) is 8.99. The van der Waals surface area contributed by atoms with Gasteiger partial charge in [-0.05, 0) is 44.3 Å². The van der Waals surface area contributed by atoms with Crippen molar-refractivity contribution in [2.24, 2.45) is 0 Å². The van der Waals surface area contributed by atoms with E-state index in [2.05, 4.69) is 46.9 Å². The Bertz CT molecular complexity index is 340. The first-order valence-electron chi connectivity index (χ1n) is 7.55. The zero-order valence-electron chi connectivity index (χ0n) is 14.2. The number of allylic oxidation sites excluding steroid dienone is 1. The van der Waals surface area contributed by atoms with Gasteiger partial charge in [0.15, 0.2) is 8.32 Å². The van der Waals surface area contributed by atoms with Crippen molar-refractivity contribution in [3.63, 3.8) is 0 Å². The van der Waals surface area contributed by atoms with Gasteiger partial charge < -0.3 is 9.53 Å². The van der Waals surface area contributed by atoms with Gasteiger partial charge in [0.05, 0.1) is 0 Å². The fourth-order valence-electron chi connectivity index (χ4n) is 1.63. The Morgan fingerprint density at radius 3 is 2.25 bits per heavy atom. The third-order valence-corrected chi connectivity index (χ3v) is 8.72. The van der Waals surface area contributed by atoms with Gasteiger partial charge in [0, 0.05) is 12.5 Å². The van der Waals surface area contributed by atoms with E-state index in [1.54, 1.807) is 0 Å². The average molecular weight is 301 g/mol. The molecule has 0 amide bonds. The molecule has 0 radical (unpaired) electrons. The molecule has 3 nitrogen and oxygen atoms in total. The quantitative estimate of drug-likeness (QED) is 0.507. The number of carboxylic acid groups (broad SMARTS) is 1. The van der Waals surface area contributed by atoms with Gasteiger partial charge >= 0.3 is 5.97 Å². The van der Waals surface area contributed by atoms with Gasteiger partial charge in [-0.25, -0.2) is 0 Å². The van der Waals surface area contributed by atoms with E-state index in [9.17, 15) is 4.79 Å². The van der Waals surface area contributed by atoms with E-state index in [-0.39, 0.29) is 17.6 Å². The molecule has 0 saturated carbocycles. The highest BCUT2D eigenvalue weighted by atomic mass is 28.4. The van der Waals surface area contributed by atoms with Crippen LogP contribution < -0.4 is 0 Å². The molecule has 0 aliphatic rings. The molecule has 4 heteroatoms. The normalized spacial score (nSPS) is 15.2. The third-order valence-electron chi connectivity index (χ3n) is 4.19. The SMILES string of the molecule is CCC(CC=C(C)CCC(=O)O)O[Si](C)(C)C(C)(C)C. The average Bonchev–Trinajstić information content (AvgIpc) is 2.30. The van der Waals surface area contributed by atoms with Crippen molar-refractivity contribution in [3.05, 3.63) is 11.6 Å². The summed E-state index contributed by atoms with van der Waals surface area (Å²) in [6.07, 6.45) is 5.11. The lowest BCUT2D eigenvalue weighted by Gasteiger charge is -2.39. The van der Waals surface area contributed by atoms with E-state index in [1.807, 2.05) is 6.92 Å². The lowest BCUT2D eigenvalue weighted by Crippen LogP contribution is -2.43. The van der Waals surface area contributed by atoms with Crippen molar-refractivity contribution in [1.29, 1.82) is 0 Å². The maximum absolute atomic E-state index is 10.5. The Labute approximate surface area is 125 Å². The van der Waals surface area contributed by atoms with Gasteiger partial charge in [0.1, 0.15) is 0 Å². The van der Waals surface area contributed by atoms with Crippen LogP contribution >= 0.6 is 0 Å². The molecule has 0 rings (SSSR count). The highest BCUT2D eigenvalue weighted by Gasteiger charge is 2.38. The monoisotopic (exact) mass is 300 g/mol. The first kappa shape index (κ1) is 19.4. The van der Waals surface area contributed by atoms with E-state index in [0.29, 0.717) is 6.42 Å². The second-order valence-electron chi connectivity index (χ2n) is 7.09. The minimum absolute atomic E-state index is 0.211. The van der Waals surface area contributed by atoms with Crippen LogP contribution in [-0.2, 0) is 9.22 Å². The number of carboxylic acids is 1. The Morgan fingerprint density at radius 2 is 1.85 bits per heavy atom. The highest BCUT2D eigenvalue weighted by molar-refractivity contribution is 6.74. The van der Waals surface area contributed by atoms with Gasteiger partial charge in [-0.1, -0.05) is 39.3 Å². The molecule has 1 atom stereocenters. The van der Waals surface area contributed by atoms with Crippen molar-refractivity contribution in [2.45, 2.75) is 84.5 Å². The Hall–Kier alpha value is -0.613. The van der Waals surface area contributed by atoms with Gasteiger partial charge in [-0.2, -0.15) is 0 Å². The zero-order chi connectivity index (χ0) is 16.0. The molecule has 0 aliphatic carbocycles. The van der Waals surface area contributed by atoms with Crippen LogP contribution in [0.1, 0.15) is 60.3 Å². The second-order valence-corrected chi connectivity index (χ2v) is 11.8. The summed E-state index contributed by atoms with van der Waals surface area (Å²) in [6.45, 7) is 15.5. The molecule has 118 valence electrons. The van der Waals surface area contributed by atoms with E-state index in [0.717, 1.165) is 18.4 Å². The van der Waals surface area contributed by atoms with Crippen LogP contribution in [0.4, 0.5) is 0 Å². The third kappa shape index (κ3) is 7.24. The van der Waals surface area contributed by atoms with Gasteiger partial charge in [-0.3, -0.25) is 4.79 Å². The molecule has 0 aromatic heterocycles. The molecule has 1 unspecified atom stereocenters. The topological polar surface area (TPSA) is 46.5 Å². The second kappa shape index (κ2) is 7.98. The predicted octanol–water partition coefficient (Wildman–Crippen LogP) is 4.99. The summed E-state index contributed by atoms with van der Waals surface area (Å²) in [5.74, 6) is -0.734. The number of aliphatic carboxylic acids is 1. The summed E-state index contributed by atoms with van der Waals surface area (Å²) in [7, 11) is -1.72. The fraction of sp³-hybridized carbons (Fsp3) is 0.812. The van der Waals surface area contributed by atoms with Crippen LogP contribution in [0.25, 0.3) is 0 Å². The first-order valence-corrected chi connectivity index (χ1v) is 10.5. The van der Waals surface area contributed by atoms with E-state index < -0.39 is 14.3 Å². The largest absolute Gasteiger partial charge is 0.481 e.